The molecule has 0 atom stereocenters. The van der Waals surface area contributed by atoms with Crippen LogP contribution in [-0.2, 0) is 10.8 Å². The predicted octanol–water partition coefficient (Wildman–Crippen LogP) is 6.89. The normalized spacial score (nSPS) is 11.7. The second-order valence-corrected chi connectivity index (χ2v) is 8.63. The first kappa shape index (κ1) is 19.5. The molecule has 0 aliphatic rings. The highest BCUT2D eigenvalue weighted by atomic mass is 14.3. The van der Waals surface area contributed by atoms with Crippen LogP contribution in [0.1, 0.15) is 69.4 Å². The van der Waals surface area contributed by atoms with Crippen molar-refractivity contribution in [2.24, 2.45) is 0 Å². The number of rotatable bonds is 0. The van der Waals surface area contributed by atoms with Crippen molar-refractivity contribution < 1.29 is 0 Å². The Morgan fingerprint density at radius 2 is 0.826 bits per heavy atom. The van der Waals surface area contributed by atoms with Crippen LogP contribution in [-0.4, -0.2) is 0 Å². The largest absolute Gasteiger partial charge is 0.0617 e. The molecule has 0 fully saturated rings. The highest BCUT2D eigenvalue weighted by Gasteiger charge is 2.22. The molecule has 0 saturated carbocycles. The Morgan fingerprint density at radius 1 is 0.522 bits per heavy atom. The lowest BCUT2D eigenvalue weighted by molar-refractivity contribution is 0.561. The van der Waals surface area contributed by atoms with E-state index >= 15 is 0 Å². The third kappa shape index (κ3) is 5.86. The molecule has 0 heteroatoms. The van der Waals surface area contributed by atoms with Crippen LogP contribution >= 0.6 is 0 Å². The van der Waals surface area contributed by atoms with E-state index < -0.39 is 0 Å². The van der Waals surface area contributed by atoms with Crippen LogP contribution in [0.5, 0.6) is 0 Å². The Hall–Kier alpha value is -1.56. The van der Waals surface area contributed by atoms with Gasteiger partial charge in [0.15, 0.2) is 0 Å². The average molecular weight is 311 g/mol. The third-order valence-electron chi connectivity index (χ3n) is 4.17. The molecule has 0 unspecified atom stereocenters. The Kier molecular flexibility index (Phi) is 6.22. The minimum Gasteiger partial charge on any atom is -0.0617 e. The number of hydrogen-bond donors (Lipinski definition) is 0. The lowest BCUT2D eigenvalue weighted by Crippen LogP contribution is -2.19. The number of aryl methyl sites for hydroxylation is 2. The molecule has 126 valence electrons. The molecule has 0 N–H and O–H groups in total. The van der Waals surface area contributed by atoms with Gasteiger partial charge in [0.1, 0.15) is 0 Å². The van der Waals surface area contributed by atoms with Crippen LogP contribution in [0.2, 0.25) is 0 Å². The number of hydrogen-bond acceptors (Lipinski definition) is 0. The Bertz CT molecular complexity index is 563. The first-order chi connectivity index (χ1) is 10.4. The van der Waals surface area contributed by atoms with E-state index in [9.17, 15) is 0 Å². The van der Waals surface area contributed by atoms with Gasteiger partial charge in [-0.2, -0.15) is 0 Å². The minimum absolute atomic E-state index is 0.241. The van der Waals surface area contributed by atoms with E-state index in [4.69, 9.17) is 0 Å². The highest BCUT2D eigenvalue weighted by molar-refractivity contribution is 5.41. The van der Waals surface area contributed by atoms with Crippen LogP contribution in [0, 0.1) is 20.8 Å². The van der Waals surface area contributed by atoms with Crippen molar-refractivity contribution in [3.63, 3.8) is 0 Å². The quantitative estimate of drug-likeness (QED) is 0.497. The molecule has 0 amide bonds. The van der Waals surface area contributed by atoms with Gasteiger partial charge in [-0.25, -0.2) is 0 Å². The van der Waals surface area contributed by atoms with Gasteiger partial charge < -0.3 is 0 Å². The summed E-state index contributed by atoms with van der Waals surface area (Å²) >= 11 is 0. The van der Waals surface area contributed by atoms with Crippen LogP contribution in [0.25, 0.3) is 0 Å². The van der Waals surface area contributed by atoms with Crippen LogP contribution < -0.4 is 0 Å². The van der Waals surface area contributed by atoms with Crippen molar-refractivity contribution in [1.82, 2.24) is 0 Å². The fourth-order valence-corrected chi connectivity index (χ4v) is 2.90. The van der Waals surface area contributed by atoms with Gasteiger partial charge in [-0.1, -0.05) is 95.1 Å². The summed E-state index contributed by atoms with van der Waals surface area (Å²) in [5.74, 6) is 0. The van der Waals surface area contributed by atoms with Gasteiger partial charge in [0.25, 0.3) is 0 Å². The molecule has 0 aliphatic heterocycles. The van der Waals surface area contributed by atoms with E-state index in [2.05, 4.69) is 105 Å². The molecule has 23 heavy (non-hydrogen) atoms. The predicted molar refractivity (Wildman–Crippen MR) is 104 cm³/mol. The molecule has 2 aromatic rings. The summed E-state index contributed by atoms with van der Waals surface area (Å²) in [7, 11) is 0. The smallest absolute Gasteiger partial charge is 0.0129 e. The summed E-state index contributed by atoms with van der Waals surface area (Å²) in [5.41, 5.74) is 7.53. The van der Waals surface area contributed by atoms with Gasteiger partial charge in [0.05, 0.1) is 0 Å². The molecule has 0 spiro atoms. The van der Waals surface area contributed by atoms with Gasteiger partial charge in [-0.3, -0.25) is 0 Å². The molecule has 0 bridgehead atoms. The van der Waals surface area contributed by atoms with E-state index in [1.807, 2.05) is 0 Å². The summed E-state index contributed by atoms with van der Waals surface area (Å²) < 4.78 is 0. The van der Waals surface area contributed by atoms with E-state index in [0.29, 0.717) is 0 Å². The Morgan fingerprint density at radius 3 is 1.09 bits per heavy atom. The van der Waals surface area contributed by atoms with E-state index in [0.717, 1.165) is 0 Å². The van der Waals surface area contributed by atoms with Crippen molar-refractivity contribution in [1.29, 1.82) is 0 Å². The molecule has 0 saturated heterocycles. The van der Waals surface area contributed by atoms with E-state index in [-0.39, 0.29) is 10.8 Å². The van der Waals surface area contributed by atoms with Gasteiger partial charge in [0.2, 0.25) is 0 Å². The van der Waals surface area contributed by atoms with Crippen molar-refractivity contribution in [3.8, 4) is 0 Å². The maximum atomic E-state index is 2.28. The van der Waals surface area contributed by atoms with Gasteiger partial charge in [-0.05, 0) is 48.3 Å². The topological polar surface area (TPSA) is 0 Å². The SMILES string of the molecule is Cc1c(C(C)(C)C)cccc1C(C)(C)C.Cc1ccc(C)cc1. The van der Waals surface area contributed by atoms with Gasteiger partial charge in [-0.15, -0.1) is 0 Å². The zero-order valence-corrected chi connectivity index (χ0v) is 16.5. The van der Waals surface area contributed by atoms with Gasteiger partial charge >= 0.3 is 0 Å². The van der Waals surface area contributed by atoms with Crippen LogP contribution in [0.4, 0.5) is 0 Å². The van der Waals surface area contributed by atoms with Crippen molar-refractivity contribution in [2.75, 3.05) is 0 Å². The minimum atomic E-state index is 0.241. The van der Waals surface area contributed by atoms with Crippen LogP contribution in [0.15, 0.2) is 42.5 Å². The summed E-state index contributed by atoms with van der Waals surface area (Å²) in [5, 5.41) is 0. The van der Waals surface area contributed by atoms with Crippen molar-refractivity contribution >= 4 is 0 Å². The summed E-state index contributed by atoms with van der Waals surface area (Å²) in [6, 6.07) is 15.2. The van der Waals surface area contributed by atoms with Gasteiger partial charge in [0, 0.05) is 0 Å². The second kappa shape index (κ2) is 7.34. The third-order valence-corrected chi connectivity index (χ3v) is 4.17. The molecular weight excluding hydrogens is 276 g/mol. The zero-order chi connectivity index (χ0) is 17.8. The molecule has 0 aliphatic carbocycles. The highest BCUT2D eigenvalue weighted by Crippen LogP contribution is 2.32. The monoisotopic (exact) mass is 310 g/mol. The molecule has 2 rings (SSSR count). The molecular formula is C23H34. The fourth-order valence-electron chi connectivity index (χ4n) is 2.90. The zero-order valence-electron chi connectivity index (χ0n) is 16.5. The summed E-state index contributed by atoms with van der Waals surface area (Å²) in [6.45, 7) is 20.1. The van der Waals surface area contributed by atoms with E-state index in [1.165, 1.54) is 27.8 Å². The van der Waals surface area contributed by atoms with Crippen molar-refractivity contribution in [3.05, 3.63) is 70.3 Å². The fraction of sp³-hybridized carbons (Fsp3) is 0.478. The summed E-state index contributed by atoms with van der Waals surface area (Å²) in [4.78, 5) is 0. The maximum absolute atomic E-state index is 2.28. The maximum Gasteiger partial charge on any atom is -0.0129 e. The molecule has 0 nitrogen and oxygen atoms in total. The Balaban J connectivity index is 0.000000277. The molecule has 0 radical (unpaired) electrons. The number of benzene rings is 2. The Labute approximate surface area is 144 Å². The standard InChI is InChI=1S/C15H24.C8H10/c1-11-12(14(2,3)4)9-8-10-13(11)15(5,6)7;1-7-3-5-8(2)6-4-7/h8-10H,1-7H3;3-6H,1-2H3. The van der Waals surface area contributed by atoms with Crippen LogP contribution in [0.3, 0.4) is 0 Å². The lowest BCUT2D eigenvalue weighted by atomic mass is 9.77. The summed E-state index contributed by atoms with van der Waals surface area (Å²) in [6.07, 6.45) is 0. The molecule has 0 aromatic heterocycles. The van der Waals surface area contributed by atoms with Crippen molar-refractivity contribution in [2.45, 2.75) is 73.1 Å². The lowest BCUT2D eigenvalue weighted by Gasteiger charge is -2.28. The molecule has 0 heterocycles. The first-order valence-electron chi connectivity index (χ1n) is 8.57. The average Bonchev–Trinajstić information content (AvgIpc) is 2.40. The first-order valence-corrected chi connectivity index (χ1v) is 8.57. The van der Waals surface area contributed by atoms with E-state index in [1.54, 1.807) is 0 Å². The molecule has 2 aromatic carbocycles. The second-order valence-electron chi connectivity index (χ2n) is 8.63.